The molecule has 0 atom stereocenters. The fourth-order valence-electron chi connectivity index (χ4n) is 1.44. The molecule has 80 valence electrons. The molecule has 0 N–H and O–H groups in total. The lowest BCUT2D eigenvalue weighted by Gasteiger charge is -1.99. The molecule has 0 saturated heterocycles. The van der Waals surface area contributed by atoms with Crippen LogP contribution in [0.4, 0.5) is 0 Å². The van der Waals surface area contributed by atoms with Gasteiger partial charge in [-0.05, 0) is 19.3 Å². The van der Waals surface area contributed by atoms with Crippen molar-refractivity contribution in [3.8, 4) is 6.07 Å². The van der Waals surface area contributed by atoms with Crippen molar-refractivity contribution in [1.82, 2.24) is 0 Å². The average Bonchev–Trinajstić information content (AvgIpc) is 2.22. The Bertz CT molecular complexity index is 186. The van der Waals surface area contributed by atoms with E-state index in [4.69, 9.17) is 5.26 Å². The number of rotatable bonds is 8. The highest BCUT2D eigenvalue weighted by atomic mass is 14.2. The highest BCUT2D eigenvalue weighted by molar-refractivity contribution is 5.19. The van der Waals surface area contributed by atoms with Gasteiger partial charge in [0.15, 0.2) is 0 Å². The molecule has 0 spiro atoms. The number of nitriles is 1. The van der Waals surface area contributed by atoms with E-state index in [1.165, 1.54) is 32.1 Å². The van der Waals surface area contributed by atoms with Crippen molar-refractivity contribution < 1.29 is 0 Å². The molecular weight excluding hydrogens is 170 g/mol. The predicted octanol–water partition coefficient (Wildman–Crippen LogP) is 4.60. The Morgan fingerprint density at radius 1 is 1.07 bits per heavy atom. The molecule has 1 heteroatoms. The van der Waals surface area contributed by atoms with Crippen LogP contribution in [-0.2, 0) is 0 Å². The van der Waals surface area contributed by atoms with Gasteiger partial charge in [0.05, 0.1) is 6.07 Å². The predicted molar refractivity (Wildman–Crippen MR) is 62.0 cm³/mol. The third kappa shape index (κ3) is 7.86. The van der Waals surface area contributed by atoms with E-state index >= 15 is 0 Å². The standard InChI is InChI=1S/C13H23N/c1-3-5-7-8-9-11-13(12-14)10-6-4-2/h10H,3-9,11H2,1-2H3/b13-10+. The summed E-state index contributed by atoms with van der Waals surface area (Å²) in [7, 11) is 0. The molecule has 1 nitrogen and oxygen atoms in total. The van der Waals surface area contributed by atoms with E-state index in [9.17, 15) is 0 Å². The zero-order chi connectivity index (χ0) is 10.6. The van der Waals surface area contributed by atoms with Crippen LogP contribution in [-0.4, -0.2) is 0 Å². The summed E-state index contributed by atoms with van der Waals surface area (Å²) in [5.74, 6) is 0. The molecule has 0 unspecified atom stereocenters. The molecule has 0 aromatic rings. The molecule has 0 aromatic carbocycles. The van der Waals surface area contributed by atoms with Crippen LogP contribution in [0, 0.1) is 11.3 Å². The number of hydrogen-bond acceptors (Lipinski definition) is 1. The van der Waals surface area contributed by atoms with E-state index in [1.807, 2.05) is 0 Å². The molecule has 0 aliphatic rings. The number of hydrogen-bond donors (Lipinski definition) is 0. The Hall–Kier alpha value is -0.770. The second-order valence-electron chi connectivity index (χ2n) is 3.79. The third-order valence-corrected chi connectivity index (χ3v) is 2.37. The Kier molecular flexibility index (Phi) is 9.74. The monoisotopic (exact) mass is 193 g/mol. The van der Waals surface area contributed by atoms with Crippen molar-refractivity contribution in [2.45, 2.75) is 65.2 Å². The fraction of sp³-hybridized carbons (Fsp3) is 0.769. The lowest BCUT2D eigenvalue weighted by atomic mass is 10.1. The lowest BCUT2D eigenvalue weighted by Crippen LogP contribution is -1.82. The van der Waals surface area contributed by atoms with Crippen molar-refractivity contribution in [3.63, 3.8) is 0 Å². The Balaban J connectivity index is 3.49. The van der Waals surface area contributed by atoms with Crippen LogP contribution < -0.4 is 0 Å². The van der Waals surface area contributed by atoms with Gasteiger partial charge in [-0.15, -0.1) is 0 Å². The summed E-state index contributed by atoms with van der Waals surface area (Å²) in [6, 6.07) is 2.29. The van der Waals surface area contributed by atoms with Crippen molar-refractivity contribution in [3.05, 3.63) is 11.6 Å². The first-order valence-electron chi connectivity index (χ1n) is 5.94. The maximum Gasteiger partial charge on any atom is 0.0943 e. The topological polar surface area (TPSA) is 23.8 Å². The highest BCUT2D eigenvalue weighted by Crippen LogP contribution is 2.11. The van der Waals surface area contributed by atoms with Gasteiger partial charge in [0.2, 0.25) is 0 Å². The number of unbranched alkanes of at least 4 members (excludes halogenated alkanes) is 5. The summed E-state index contributed by atoms with van der Waals surface area (Å²) in [6.45, 7) is 4.37. The SMILES string of the molecule is CCC/C=C(/C#N)CCCCCCC. The number of nitrogens with zero attached hydrogens (tertiary/aromatic N) is 1. The summed E-state index contributed by atoms with van der Waals surface area (Å²) in [5.41, 5.74) is 0.989. The van der Waals surface area contributed by atoms with E-state index in [0.717, 1.165) is 24.8 Å². The third-order valence-electron chi connectivity index (χ3n) is 2.37. The summed E-state index contributed by atoms with van der Waals surface area (Å²) in [4.78, 5) is 0. The van der Waals surface area contributed by atoms with Crippen molar-refractivity contribution in [2.24, 2.45) is 0 Å². The van der Waals surface area contributed by atoms with Gasteiger partial charge in [-0.1, -0.05) is 52.0 Å². The summed E-state index contributed by atoms with van der Waals surface area (Å²) in [6.07, 6.45) is 11.7. The molecule has 0 radical (unpaired) electrons. The minimum Gasteiger partial charge on any atom is -0.193 e. The first-order valence-corrected chi connectivity index (χ1v) is 5.94. The largest absolute Gasteiger partial charge is 0.193 e. The molecule has 0 amide bonds. The zero-order valence-corrected chi connectivity index (χ0v) is 9.68. The van der Waals surface area contributed by atoms with E-state index in [-0.39, 0.29) is 0 Å². The van der Waals surface area contributed by atoms with Crippen LogP contribution in [0.1, 0.15) is 65.2 Å². The van der Waals surface area contributed by atoms with Gasteiger partial charge in [0, 0.05) is 5.57 Å². The van der Waals surface area contributed by atoms with Gasteiger partial charge >= 0.3 is 0 Å². The normalized spacial score (nSPS) is 11.4. The van der Waals surface area contributed by atoms with Crippen molar-refractivity contribution >= 4 is 0 Å². The second-order valence-corrected chi connectivity index (χ2v) is 3.79. The van der Waals surface area contributed by atoms with Gasteiger partial charge in [-0.2, -0.15) is 5.26 Å². The molecule has 0 heterocycles. The zero-order valence-electron chi connectivity index (χ0n) is 9.68. The highest BCUT2D eigenvalue weighted by Gasteiger charge is 1.95. The van der Waals surface area contributed by atoms with Crippen molar-refractivity contribution in [1.29, 1.82) is 5.26 Å². The molecule has 14 heavy (non-hydrogen) atoms. The smallest absolute Gasteiger partial charge is 0.0943 e. The molecular formula is C13H23N. The Morgan fingerprint density at radius 3 is 2.36 bits per heavy atom. The van der Waals surface area contributed by atoms with Crippen LogP contribution in [0.25, 0.3) is 0 Å². The fourth-order valence-corrected chi connectivity index (χ4v) is 1.44. The van der Waals surface area contributed by atoms with E-state index in [0.29, 0.717) is 0 Å². The lowest BCUT2D eigenvalue weighted by molar-refractivity contribution is 0.633. The van der Waals surface area contributed by atoms with Gasteiger partial charge in [-0.3, -0.25) is 0 Å². The van der Waals surface area contributed by atoms with Crippen LogP contribution in [0.5, 0.6) is 0 Å². The molecule has 0 aliphatic carbocycles. The Morgan fingerprint density at radius 2 is 1.79 bits per heavy atom. The maximum absolute atomic E-state index is 8.84. The average molecular weight is 193 g/mol. The summed E-state index contributed by atoms with van der Waals surface area (Å²) < 4.78 is 0. The molecule has 0 rings (SSSR count). The molecule has 0 fully saturated rings. The van der Waals surface area contributed by atoms with Gasteiger partial charge < -0.3 is 0 Å². The minimum absolute atomic E-state index is 0.986. The van der Waals surface area contributed by atoms with Crippen LogP contribution in [0.2, 0.25) is 0 Å². The summed E-state index contributed by atoms with van der Waals surface area (Å²) >= 11 is 0. The first-order chi connectivity index (χ1) is 6.85. The van der Waals surface area contributed by atoms with Gasteiger partial charge in [0.1, 0.15) is 0 Å². The van der Waals surface area contributed by atoms with E-state index in [2.05, 4.69) is 26.0 Å². The quantitative estimate of drug-likeness (QED) is 0.408. The molecule has 0 bridgehead atoms. The molecule has 0 saturated carbocycles. The van der Waals surface area contributed by atoms with Gasteiger partial charge in [0.25, 0.3) is 0 Å². The van der Waals surface area contributed by atoms with Crippen LogP contribution >= 0.6 is 0 Å². The van der Waals surface area contributed by atoms with Crippen molar-refractivity contribution in [2.75, 3.05) is 0 Å². The maximum atomic E-state index is 8.84. The first kappa shape index (κ1) is 13.2. The molecule has 0 aromatic heterocycles. The Labute approximate surface area is 88.8 Å². The van der Waals surface area contributed by atoms with Crippen LogP contribution in [0.3, 0.4) is 0 Å². The van der Waals surface area contributed by atoms with E-state index in [1.54, 1.807) is 0 Å². The van der Waals surface area contributed by atoms with Gasteiger partial charge in [-0.25, -0.2) is 0 Å². The number of allylic oxidation sites excluding steroid dienone is 2. The van der Waals surface area contributed by atoms with Crippen LogP contribution in [0.15, 0.2) is 11.6 Å². The second kappa shape index (κ2) is 10.3. The molecule has 0 aliphatic heterocycles. The summed E-state index contributed by atoms with van der Waals surface area (Å²) in [5, 5.41) is 8.84. The minimum atomic E-state index is 0.986. The van der Waals surface area contributed by atoms with E-state index < -0.39 is 0 Å².